The van der Waals surface area contributed by atoms with Crippen molar-refractivity contribution in [2.75, 3.05) is 0 Å². The van der Waals surface area contributed by atoms with Crippen molar-refractivity contribution in [3.63, 3.8) is 0 Å². The van der Waals surface area contributed by atoms with E-state index in [-0.39, 0.29) is 5.60 Å². The smallest absolute Gasteiger partial charge is 0.127 e. The SMILES string of the molecule is Cc1c(C)c2c(c(C)c1O)CCC(C)(C/C=C/c1ccccc1)O2. The first-order chi connectivity index (χ1) is 11.4. The van der Waals surface area contributed by atoms with E-state index in [0.717, 1.165) is 41.7 Å². The molecule has 1 aliphatic heterocycles. The van der Waals surface area contributed by atoms with Gasteiger partial charge < -0.3 is 9.84 Å². The molecule has 24 heavy (non-hydrogen) atoms. The molecule has 2 aromatic rings. The molecule has 126 valence electrons. The summed E-state index contributed by atoms with van der Waals surface area (Å²) in [5.41, 5.74) is 5.14. The molecule has 1 atom stereocenters. The van der Waals surface area contributed by atoms with Gasteiger partial charge >= 0.3 is 0 Å². The monoisotopic (exact) mass is 322 g/mol. The maximum atomic E-state index is 10.3. The van der Waals surface area contributed by atoms with Crippen LogP contribution in [-0.4, -0.2) is 10.7 Å². The molecule has 0 bridgehead atoms. The molecule has 2 heteroatoms. The number of rotatable bonds is 3. The maximum Gasteiger partial charge on any atom is 0.127 e. The topological polar surface area (TPSA) is 29.5 Å². The number of aromatic hydroxyl groups is 1. The van der Waals surface area contributed by atoms with Gasteiger partial charge in [0, 0.05) is 12.0 Å². The minimum Gasteiger partial charge on any atom is -0.507 e. The van der Waals surface area contributed by atoms with Crippen molar-refractivity contribution < 1.29 is 9.84 Å². The highest BCUT2D eigenvalue weighted by molar-refractivity contribution is 5.58. The zero-order valence-electron chi connectivity index (χ0n) is 15.0. The Morgan fingerprint density at radius 3 is 2.50 bits per heavy atom. The highest BCUT2D eigenvalue weighted by Crippen LogP contribution is 2.44. The molecule has 0 spiro atoms. The van der Waals surface area contributed by atoms with Crippen LogP contribution in [0.15, 0.2) is 36.4 Å². The number of phenolic OH excluding ortho intramolecular Hbond substituents is 1. The normalized spacial score (nSPS) is 20.0. The van der Waals surface area contributed by atoms with E-state index >= 15 is 0 Å². The Hall–Kier alpha value is -2.22. The Kier molecular flexibility index (Phi) is 4.40. The summed E-state index contributed by atoms with van der Waals surface area (Å²) >= 11 is 0. The van der Waals surface area contributed by atoms with Gasteiger partial charge in [-0.1, -0.05) is 42.5 Å². The van der Waals surface area contributed by atoms with Crippen LogP contribution in [0.2, 0.25) is 0 Å². The van der Waals surface area contributed by atoms with Gasteiger partial charge in [0.25, 0.3) is 0 Å². The van der Waals surface area contributed by atoms with Crippen molar-refractivity contribution >= 4 is 6.08 Å². The quantitative estimate of drug-likeness (QED) is 0.808. The lowest BCUT2D eigenvalue weighted by Crippen LogP contribution is -2.36. The third-order valence-corrected chi connectivity index (χ3v) is 5.25. The first-order valence-electron chi connectivity index (χ1n) is 8.63. The van der Waals surface area contributed by atoms with Crippen LogP contribution in [0.3, 0.4) is 0 Å². The summed E-state index contributed by atoms with van der Waals surface area (Å²) in [5, 5.41) is 10.3. The fourth-order valence-corrected chi connectivity index (χ4v) is 3.45. The summed E-state index contributed by atoms with van der Waals surface area (Å²) < 4.78 is 6.44. The fraction of sp³-hybridized carbons (Fsp3) is 0.364. The van der Waals surface area contributed by atoms with Crippen molar-refractivity contribution in [1.82, 2.24) is 0 Å². The first-order valence-corrected chi connectivity index (χ1v) is 8.63. The molecule has 0 radical (unpaired) electrons. The fourth-order valence-electron chi connectivity index (χ4n) is 3.45. The van der Waals surface area contributed by atoms with Crippen LogP contribution in [0.4, 0.5) is 0 Å². The lowest BCUT2D eigenvalue weighted by molar-refractivity contribution is 0.0669. The molecule has 0 saturated carbocycles. The van der Waals surface area contributed by atoms with Crippen molar-refractivity contribution in [3.05, 3.63) is 64.2 Å². The van der Waals surface area contributed by atoms with Crippen LogP contribution in [0, 0.1) is 20.8 Å². The second kappa shape index (κ2) is 6.35. The van der Waals surface area contributed by atoms with E-state index in [0.29, 0.717) is 5.75 Å². The third-order valence-electron chi connectivity index (χ3n) is 5.25. The van der Waals surface area contributed by atoms with E-state index in [9.17, 15) is 5.11 Å². The zero-order chi connectivity index (χ0) is 17.3. The van der Waals surface area contributed by atoms with Gasteiger partial charge in [-0.15, -0.1) is 0 Å². The number of ether oxygens (including phenoxy) is 1. The van der Waals surface area contributed by atoms with Crippen molar-refractivity contribution in [2.24, 2.45) is 0 Å². The lowest BCUT2D eigenvalue weighted by atomic mass is 9.85. The third kappa shape index (κ3) is 3.06. The largest absolute Gasteiger partial charge is 0.507 e. The summed E-state index contributed by atoms with van der Waals surface area (Å²) in [5.74, 6) is 1.40. The maximum absolute atomic E-state index is 10.3. The van der Waals surface area contributed by atoms with Gasteiger partial charge in [-0.05, 0) is 62.8 Å². The number of fused-ring (bicyclic) bond motifs is 1. The summed E-state index contributed by atoms with van der Waals surface area (Å²) in [6.07, 6.45) is 7.15. The van der Waals surface area contributed by atoms with Crippen molar-refractivity contribution in [3.8, 4) is 11.5 Å². The lowest BCUT2D eigenvalue weighted by Gasteiger charge is -2.37. The molecule has 0 aliphatic carbocycles. The Balaban J connectivity index is 1.82. The standard InChI is InChI=1S/C22H26O2/c1-15-16(2)21-19(17(3)20(15)23)12-14-22(4,24-21)13-8-11-18-9-6-5-7-10-18/h5-11,23H,12-14H2,1-4H3/b11-8+. The Morgan fingerprint density at radius 2 is 1.79 bits per heavy atom. The average molecular weight is 322 g/mol. The minimum absolute atomic E-state index is 0.196. The average Bonchev–Trinajstić information content (AvgIpc) is 2.59. The van der Waals surface area contributed by atoms with Gasteiger partial charge in [-0.2, -0.15) is 0 Å². The summed E-state index contributed by atoms with van der Waals surface area (Å²) in [6.45, 7) is 8.17. The Bertz CT molecular complexity index is 775. The van der Waals surface area contributed by atoms with Crippen LogP contribution >= 0.6 is 0 Å². The molecule has 1 aliphatic rings. The molecule has 1 unspecified atom stereocenters. The summed E-state index contributed by atoms with van der Waals surface area (Å²) in [7, 11) is 0. The molecule has 1 N–H and O–H groups in total. The van der Waals surface area contributed by atoms with E-state index in [1.165, 1.54) is 11.1 Å². The number of hydrogen-bond acceptors (Lipinski definition) is 2. The molecule has 2 nitrogen and oxygen atoms in total. The van der Waals surface area contributed by atoms with Crippen LogP contribution < -0.4 is 4.74 Å². The molecular formula is C22H26O2. The number of phenols is 1. The molecule has 0 fully saturated rings. The molecule has 0 amide bonds. The van der Waals surface area contributed by atoms with E-state index in [1.807, 2.05) is 26.8 Å². The highest BCUT2D eigenvalue weighted by atomic mass is 16.5. The first kappa shape index (κ1) is 16.6. The number of benzene rings is 2. The predicted molar refractivity (Wildman–Crippen MR) is 99.8 cm³/mol. The molecular weight excluding hydrogens is 296 g/mol. The number of hydrogen-bond donors (Lipinski definition) is 1. The van der Waals surface area contributed by atoms with Crippen LogP contribution in [0.5, 0.6) is 11.5 Å². The molecule has 3 rings (SSSR count). The molecule has 2 aromatic carbocycles. The van der Waals surface area contributed by atoms with Crippen molar-refractivity contribution in [1.29, 1.82) is 0 Å². The summed E-state index contributed by atoms with van der Waals surface area (Å²) in [6, 6.07) is 10.3. The molecule has 0 aromatic heterocycles. The molecule has 1 heterocycles. The highest BCUT2D eigenvalue weighted by Gasteiger charge is 2.33. The van der Waals surface area contributed by atoms with Gasteiger partial charge in [-0.3, -0.25) is 0 Å². The minimum atomic E-state index is -0.196. The van der Waals surface area contributed by atoms with Gasteiger partial charge in [-0.25, -0.2) is 0 Å². The van der Waals surface area contributed by atoms with E-state index in [2.05, 4.69) is 43.3 Å². The van der Waals surface area contributed by atoms with E-state index in [4.69, 9.17) is 4.74 Å². The van der Waals surface area contributed by atoms with Crippen molar-refractivity contribution in [2.45, 2.75) is 52.6 Å². The molecule has 0 saturated heterocycles. The van der Waals surface area contributed by atoms with E-state index < -0.39 is 0 Å². The van der Waals surface area contributed by atoms with Gasteiger partial charge in [0.15, 0.2) is 0 Å². The zero-order valence-corrected chi connectivity index (χ0v) is 15.0. The predicted octanol–water partition coefficient (Wildman–Crippen LogP) is 5.50. The van der Waals surface area contributed by atoms with Crippen LogP contribution in [0.1, 0.15) is 47.6 Å². The second-order valence-corrected chi connectivity index (χ2v) is 7.10. The van der Waals surface area contributed by atoms with Crippen LogP contribution in [-0.2, 0) is 6.42 Å². The van der Waals surface area contributed by atoms with Crippen LogP contribution in [0.25, 0.3) is 6.08 Å². The van der Waals surface area contributed by atoms with E-state index in [1.54, 1.807) is 0 Å². The Morgan fingerprint density at radius 1 is 1.08 bits per heavy atom. The van der Waals surface area contributed by atoms with Gasteiger partial charge in [0.2, 0.25) is 0 Å². The van der Waals surface area contributed by atoms with Gasteiger partial charge in [0.1, 0.15) is 17.1 Å². The Labute approximate surface area is 144 Å². The second-order valence-electron chi connectivity index (χ2n) is 7.10. The summed E-state index contributed by atoms with van der Waals surface area (Å²) in [4.78, 5) is 0. The van der Waals surface area contributed by atoms with Gasteiger partial charge in [0.05, 0.1) is 0 Å².